The number of aliphatic hydroxyl groups is 1. The van der Waals surface area contributed by atoms with Crippen LogP contribution >= 0.6 is 0 Å². The van der Waals surface area contributed by atoms with E-state index in [0.717, 1.165) is 6.54 Å². The highest BCUT2D eigenvalue weighted by Gasteiger charge is 2.52. The van der Waals surface area contributed by atoms with Crippen LogP contribution in [0.5, 0.6) is 5.75 Å². The van der Waals surface area contributed by atoms with Gasteiger partial charge in [0.2, 0.25) is 0 Å². The summed E-state index contributed by atoms with van der Waals surface area (Å²) in [5.74, 6) is -0.159. The largest absolute Gasteiger partial charge is 0.488 e. The monoisotopic (exact) mass is 322 g/mol. The zero-order valence-electron chi connectivity index (χ0n) is 14.4. The lowest BCUT2D eigenvalue weighted by molar-refractivity contribution is -0.917. The van der Waals surface area contributed by atoms with Crippen molar-refractivity contribution in [3.8, 4) is 5.75 Å². The number of para-hydroxylation sites is 1. The predicted octanol–water partition coefficient (Wildman–Crippen LogP) is 2.05. The van der Waals surface area contributed by atoms with Gasteiger partial charge in [-0.3, -0.25) is 0 Å². The van der Waals surface area contributed by atoms with E-state index < -0.39 is 6.10 Å². The lowest BCUT2D eigenvalue weighted by Gasteiger charge is -2.37. The third kappa shape index (κ3) is 3.86. The van der Waals surface area contributed by atoms with Crippen molar-refractivity contribution in [1.82, 2.24) is 0 Å². The number of fused-ring (bicyclic) bond motifs is 2. The van der Waals surface area contributed by atoms with E-state index in [1.54, 1.807) is 18.2 Å². The lowest BCUT2D eigenvalue weighted by Crippen LogP contribution is -3.15. The molecule has 1 unspecified atom stereocenters. The van der Waals surface area contributed by atoms with Crippen LogP contribution in [0, 0.1) is 16.6 Å². The molecular weight excluding hydrogens is 293 g/mol. The van der Waals surface area contributed by atoms with Gasteiger partial charge in [0.15, 0.2) is 11.6 Å². The molecule has 3 rings (SSSR count). The van der Waals surface area contributed by atoms with Crippen molar-refractivity contribution in [2.24, 2.45) is 10.8 Å². The summed E-state index contributed by atoms with van der Waals surface area (Å²) in [5.41, 5.74) is 0.794. The number of quaternary nitrogens is 1. The van der Waals surface area contributed by atoms with Crippen LogP contribution < -0.4 is 9.64 Å². The second-order valence-electron chi connectivity index (χ2n) is 8.69. The fourth-order valence-corrected chi connectivity index (χ4v) is 5.10. The number of aliphatic hydroxyl groups excluding tert-OH is 1. The van der Waals surface area contributed by atoms with Crippen molar-refractivity contribution in [1.29, 1.82) is 0 Å². The Kier molecular flexibility index (Phi) is 4.41. The van der Waals surface area contributed by atoms with Crippen LogP contribution in [0.4, 0.5) is 4.39 Å². The number of halogens is 1. The van der Waals surface area contributed by atoms with Crippen molar-refractivity contribution in [3.05, 3.63) is 30.1 Å². The van der Waals surface area contributed by atoms with Crippen molar-refractivity contribution >= 4 is 0 Å². The number of likely N-dealkylation sites (tertiary alicyclic amines) is 1. The van der Waals surface area contributed by atoms with Gasteiger partial charge in [-0.25, -0.2) is 4.39 Å². The van der Waals surface area contributed by atoms with Gasteiger partial charge in [0.05, 0.1) is 12.6 Å². The standard InChI is InChI=1S/C19H28FNO2/c1-18(2)8-14-9-19(3,12-18)13-21(14)10-15(22)11-23-17-7-5-4-6-16(17)20/h4-7,14-15,22H,8-13H2,1-3H3/p+1/t14-,15-,19-/m0/s1. The highest BCUT2D eigenvalue weighted by atomic mass is 19.1. The number of hydrogen-bond donors (Lipinski definition) is 2. The normalized spacial score (nSPS) is 33.4. The molecule has 3 nitrogen and oxygen atoms in total. The van der Waals surface area contributed by atoms with E-state index in [-0.39, 0.29) is 18.2 Å². The number of benzene rings is 1. The molecule has 1 aliphatic carbocycles. The van der Waals surface area contributed by atoms with E-state index in [1.165, 1.54) is 30.2 Å². The summed E-state index contributed by atoms with van der Waals surface area (Å²) in [7, 11) is 0. The summed E-state index contributed by atoms with van der Waals surface area (Å²) in [5, 5.41) is 10.3. The smallest absolute Gasteiger partial charge is 0.165 e. The highest BCUT2D eigenvalue weighted by molar-refractivity contribution is 5.23. The van der Waals surface area contributed by atoms with Crippen LogP contribution in [0.3, 0.4) is 0 Å². The van der Waals surface area contributed by atoms with Gasteiger partial charge in [-0.05, 0) is 24.0 Å². The van der Waals surface area contributed by atoms with Gasteiger partial charge in [0.1, 0.15) is 19.3 Å². The predicted molar refractivity (Wildman–Crippen MR) is 88.1 cm³/mol. The fraction of sp³-hybridized carbons (Fsp3) is 0.684. The summed E-state index contributed by atoms with van der Waals surface area (Å²) in [6.07, 6.45) is 3.18. The Morgan fingerprint density at radius 3 is 2.78 bits per heavy atom. The molecule has 1 saturated heterocycles. The Bertz CT molecular complexity index is 562. The first-order valence-electron chi connectivity index (χ1n) is 8.66. The van der Waals surface area contributed by atoms with E-state index in [4.69, 9.17) is 4.74 Å². The molecule has 1 heterocycles. The summed E-state index contributed by atoms with van der Waals surface area (Å²) in [6.45, 7) is 9.06. The van der Waals surface area contributed by atoms with E-state index in [0.29, 0.717) is 23.4 Å². The minimum atomic E-state index is -0.560. The molecule has 2 N–H and O–H groups in total. The Morgan fingerprint density at radius 2 is 2.04 bits per heavy atom. The Balaban J connectivity index is 1.55. The highest BCUT2D eigenvalue weighted by Crippen LogP contribution is 2.47. The molecule has 1 aromatic carbocycles. The molecule has 0 spiro atoms. The molecule has 0 amide bonds. The molecular formula is C19H29FNO2+. The van der Waals surface area contributed by atoms with Crippen LogP contribution in [-0.4, -0.2) is 36.9 Å². The molecule has 128 valence electrons. The molecule has 4 atom stereocenters. The van der Waals surface area contributed by atoms with E-state index in [9.17, 15) is 9.50 Å². The van der Waals surface area contributed by atoms with Crippen LogP contribution in [0.15, 0.2) is 24.3 Å². The summed E-state index contributed by atoms with van der Waals surface area (Å²) in [4.78, 5) is 1.49. The molecule has 2 fully saturated rings. The first-order valence-corrected chi connectivity index (χ1v) is 8.66. The molecule has 2 bridgehead atoms. The number of nitrogens with one attached hydrogen (secondary N) is 1. The zero-order valence-corrected chi connectivity index (χ0v) is 14.4. The summed E-state index contributed by atoms with van der Waals surface area (Å²) >= 11 is 0. The Hall–Kier alpha value is -1.13. The van der Waals surface area contributed by atoms with Gasteiger partial charge in [0, 0.05) is 18.3 Å². The van der Waals surface area contributed by atoms with Gasteiger partial charge in [-0.1, -0.05) is 32.9 Å². The average Bonchev–Trinajstić information content (AvgIpc) is 2.66. The number of rotatable bonds is 5. The minimum Gasteiger partial charge on any atom is -0.488 e. The van der Waals surface area contributed by atoms with Crippen molar-refractivity contribution in [2.75, 3.05) is 19.7 Å². The number of hydrogen-bond acceptors (Lipinski definition) is 2. The van der Waals surface area contributed by atoms with E-state index >= 15 is 0 Å². The third-order valence-corrected chi connectivity index (χ3v) is 5.44. The first kappa shape index (κ1) is 16.7. The lowest BCUT2D eigenvalue weighted by atomic mass is 9.65. The van der Waals surface area contributed by atoms with Crippen LogP contribution in [-0.2, 0) is 0 Å². The van der Waals surface area contributed by atoms with Crippen molar-refractivity contribution in [2.45, 2.75) is 52.2 Å². The molecule has 2 aliphatic rings. The van der Waals surface area contributed by atoms with Crippen molar-refractivity contribution in [3.63, 3.8) is 0 Å². The zero-order chi connectivity index (χ0) is 16.7. The van der Waals surface area contributed by atoms with E-state index in [1.807, 2.05) is 0 Å². The molecule has 23 heavy (non-hydrogen) atoms. The first-order chi connectivity index (χ1) is 10.8. The van der Waals surface area contributed by atoms with Gasteiger partial charge >= 0.3 is 0 Å². The quantitative estimate of drug-likeness (QED) is 0.870. The molecule has 0 radical (unpaired) electrons. The van der Waals surface area contributed by atoms with E-state index in [2.05, 4.69) is 20.8 Å². The Labute approximate surface area is 138 Å². The molecule has 1 saturated carbocycles. The maximum Gasteiger partial charge on any atom is 0.165 e. The topological polar surface area (TPSA) is 33.9 Å². The average molecular weight is 322 g/mol. The SMILES string of the molecule is CC1(C)C[C@H]2C[C@](C)(C[NH+]2C[C@H](O)COc2ccccc2F)C1. The molecule has 1 aliphatic heterocycles. The second-order valence-corrected chi connectivity index (χ2v) is 8.69. The second kappa shape index (κ2) is 6.06. The van der Waals surface area contributed by atoms with Crippen LogP contribution in [0.25, 0.3) is 0 Å². The molecule has 1 aromatic rings. The minimum absolute atomic E-state index is 0.150. The van der Waals surface area contributed by atoms with Gasteiger partial charge in [0.25, 0.3) is 0 Å². The van der Waals surface area contributed by atoms with Gasteiger partial charge in [-0.2, -0.15) is 0 Å². The van der Waals surface area contributed by atoms with Crippen LogP contribution in [0.2, 0.25) is 0 Å². The van der Waals surface area contributed by atoms with Crippen LogP contribution in [0.1, 0.15) is 40.0 Å². The Morgan fingerprint density at radius 1 is 1.30 bits per heavy atom. The van der Waals surface area contributed by atoms with Gasteiger partial charge < -0.3 is 14.7 Å². The van der Waals surface area contributed by atoms with Gasteiger partial charge in [-0.15, -0.1) is 0 Å². The maximum atomic E-state index is 13.5. The number of ether oxygens (including phenoxy) is 1. The molecule has 4 heteroatoms. The summed E-state index contributed by atoms with van der Waals surface area (Å²) in [6, 6.07) is 6.98. The van der Waals surface area contributed by atoms with Crippen molar-refractivity contribution < 1.29 is 19.1 Å². The maximum absolute atomic E-state index is 13.5. The molecule has 0 aromatic heterocycles. The third-order valence-electron chi connectivity index (χ3n) is 5.44. The fourth-order valence-electron chi connectivity index (χ4n) is 5.10. The summed E-state index contributed by atoms with van der Waals surface area (Å²) < 4.78 is 19.0.